The molecule has 2 unspecified atom stereocenters. The van der Waals surface area contributed by atoms with Crippen molar-refractivity contribution in [1.29, 1.82) is 0 Å². The Morgan fingerprint density at radius 3 is 2.35 bits per heavy atom. The van der Waals surface area contributed by atoms with E-state index < -0.39 is 0 Å². The second-order valence-corrected chi connectivity index (χ2v) is 5.95. The molecule has 1 aliphatic rings. The number of piperidine rings is 1. The van der Waals surface area contributed by atoms with E-state index in [2.05, 4.69) is 34.5 Å². The van der Waals surface area contributed by atoms with Gasteiger partial charge in [-0.25, -0.2) is 0 Å². The molecule has 1 fully saturated rings. The monoisotopic (exact) mass is 275 g/mol. The fourth-order valence-electron chi connectivity index (χ4n) is 2.76. The van der Waals surface area contributed by atoms with Crippen LogP contribution in [0, 0.1) is 0 Å². The van der Waals surface area contributed by atoms with E-state index in [0.29, 0.717) is 5.92 Å². The van der Waals surface area contributed by atoms with Gasteiger partial charge in [0.15, 0.2) is 0 Å². The standard InChI is InChI=1S/C16H25N3O/c1-18(2)14-7-5-12(6-8-14)13-9-10-17-15(11-13)16(20)19(3)4/h5-8,13,15,17H,9-11H2,1-4H3. The highest BCUT2D eigenvalue weighted by atomic mass is 16.2. The van der Waals surface area contributed by atoms with Gasteiger partial charge in [0.1, 0.15) is 0 Å². The van der Waals surface area contributed by atoms with Crippen LogP contribution in [0.25, 0.3) is 0 Å². The van der Waals surface area contributed by atoms with Gasteiger partial charge in [-0.3, -0.25) is 4.79 Å². The number of nitrogens with one attached hydrogen (secondary N) is 1. The van der Waals surface area contributed by atoms with Crippen LogP contribution in [0.2, 0.25) is 0 Å². The van der Waals surface area contributed by atoms with Gasteiger partial charge in [0, 0.05) is 33.9 Å². The Balaban J connectivity index is 2.07. The van der Waals surface area contributed by atoms with E-state index in [-0.39, 0.29) is 11.9 Å². The highest BCUT2D eigenvalue weighted by molar-refractivity contribution is 5.81. The predicted molar refractivity (Wildman–Crippen MR) is 83.2 cm³/mol. The van der Waals surface area contributed by atoms with Crippen molar-refractivity contribution < 1.29 is 4.79 Å². The zero-order chi connectivity index (χ0) is 14.7. The average molecular weight is 275 g/mol. The van der Waals surface area contributed by atoms with Crippen LogP contribution in [0.15, 0.2) is 24.3 Å². The molecular weight excluding hydrogens is 250 g/mol. The molecule has 0 aliphatic carbocycles. The van der Waals surface area contributed by atoms with Crippen molar-refractivity contribution in [3.63, 3.8) is 0 Å². The summed E-state index contributed by atoms with van der Waals surface area (Å²) in [4.78, 5) is 15.9. The molecule has 1 aliphatic heterocycles. The third-order valence-electron chi connectivity index (χ3n) is 4.02. The van der Waals surface area contributed by atoms with Crippen molar-refractivity contribution in [2.24, 2.45) is 0 Å². The number of hydrogen-bond donors (Lipinski definition) is 1. The molecule has 2 rings (SSSR count). The zero-order valence-electron chi connectivity index (χ0n) is 12.9. The highest BCUT2D eigenvalue weighted by Crippen LogP contribution is 2.29. The fourth-order valence-corrected chi connectivity index (χ4v) is 2.76. The van der Waals surface area contributed by atoms with Crippen LogP contribution >= 0.6 is 0 Å². The maximum atomic E-state index is 12.1. The Labute approximate surface area is 121 Å². The van der Waals surface area contributed by atoms with E-state index in [1.807, 2.05) is 28.2 Å². The van der Waals surface area contributed by atoms with Crippen LogP contribution in [0.4, 0.5) is 5.69 Å². The Bertz CT molecular complexity index is 453. The lowest BCUT2D eigenvalue weighted by molar-refractivity contribution is -0.131. The Morgan fingerprint density at radius 2 is 1.80 bits per heavy atom. The minimum Gasteiger partial charge on any atom is -0.378 e. The fraction of sp³-hybridized carbons (Fsp3) is 0.562. The van der Waals surface area contributed by atoms with E-state index in [0.717, 1.165) is 19.4 Å². The molecule has 110 valence electrons. The number of nitrogens with zero attached hydrogens (tertiary/aromatic N) is 2. The van der Waals surface area contributed by atoms with Gasteiger partial charge in [-0.05, 0) is 43.0 Å². The van der Waals surface area contributed by atoms with Gasteiger partial charge >= 0.3 is 0 Å². The second kappa shape index (κ2) is 6.27. The molecular formula is C16H25N3O. The highest BCUT2D eigenvalue weighted by Gasteiger charge is 2.28. The largest absolute Gasteiger partial charge is 0.378 e. The van der Waals surface area contributed by atoms with Crippen molar-refractivity contribution in [3.8, 4) is 0 Å². The number of hydrogen-bond acceptors (Lipinski definition) is 3. The van der Waals surface area contributed by atoms with Gasteiger partial charge in [-0.1, -0.05) is 12.1 Å². The topological polar surface area (TPSA) is 35.6 Å². The summed E-state index contributed by atoms with van der Waals surface area (Å²) in [5.41, 5.74) is 2.55. The molecule has 0 radical (unpaired) electrons. The molecule has 1 heterocycles. The second-order valence-electron chi connectivity index (χ2n) is 5.95. The van der Waals surface area contributed by atoms with Gasteiger partial charge in [0.2, 0.25) is 5.91 Å². The van der Waals surface area contributed by atoms with Crippen LogP contribution in [-0.4, -0.2) is 51.6 Å². The third-order valence-corrected chi connectivity index (χ3v) is 4.02. The van der Waals surface area contributed by atoms with E-state index in [4.69, 9.17) is 0 Å². The molecule has 0 aromatic heterocycles. The summed E-state index contributed by atoms with van der Waals surface area (Å²) in [7, 11) is 7.73. The quantitative estimate of drug-likeness (QED) is 0.911. The predicted octanol–water partition coefficient (Wildman–Crippen LogP) is 1.68. The minimum atomic E-state index is -0.0442. The number of anilines is 1. The molecule has 1 saturated heterocycles. The van der Waals surface area contributed by atoms with Crippen LogP contribution in [0.1, 0.15) is 24.3 Å². The summed E-state index contributed by atoms with van der Waals surface area (Å²) in [5, 5.41) is 3.33. The van der Waals surface area contributed by atoms with E-state index in [1.54, 1.807) is 4.90 Å². The molecule has 1 amide bonds. The molecule has 20 heavy (non-hydrogen) atoms. The molecule has 1 aromatic rings. The lowest BCUT2D eigenvalue weighted by Crippen LogP contribution is -2.47. The van der Waals surface area contributed by atoms with Crippen LogP contribution in [0.3, 0.4) is 0 Å². The summed E-state index contributed by atoms with van der Waals surface area (Å²) in [5.74, 6) is 0.654. The minimum absolute atomic E-state index is 0.0442. The van der Waals surface area contributed by atoms with Crippen molar-refractivity contribution in [2.45, 2.75) is 24.8 Å². The summed E-state index contributed by atoms with van der Waals surface area (Å²) in [6, 6.07) is 8.66. The summed E-state index contributed by atoms with van der Waals surface area (Å²) in [6.07, 6.45) is 1.98. The summed E-state index contributed by atoms with van der Waals surface area (Å²) < 4.78 is 0. The number of carbonyl (C=O) groups excluding carboxylic acids is 1. The number of likely N-dealkylation sites (N-methyl/N-ethyl adjacent to an activating group) is 1. The van der Waals surface area contributed by atoms with Crippen molar-refractivity contribution in [2.75, 3.05) is 39.6 Å². The number of rotatable bonds is 3. The molecule has 2 atom stereocenters. The van der Waals surface area contributed by atoms with Crippen LogP contribution < -0.4 is 10.2 Å². The molecule has 4 nitrogen and oxygen atoms in total. The van der Waals surface area contributed by atoms with Gasteiger partial charge in [-0.2, -0.15) is 0 Å². The van der Waals surface area contributed by atoms with Crippen molar-refractivity contribution in [3.05, 3.63) is 29.8 Å². The lowest BCUT2D eigenvalue weighted by Gasteiger charge is -2.31. The molecule has 1 aromatic carbocycles. The van der Waals surface area contributed by atoms with Gasteiger partial charge < -0.3 is 15.1 Å². The van der Waals surface area contributed by atoms with Gasteiger partial charge in [-0.15, -0.1) is 0 Å². The third kappa shape index (κ3) is 3.31. The molecule has 0 spiro atoms. The molecule has 0 bridgehead atoms. The number of benzene rings is 1. The Morgan fingerprint density at radius 1 is 1.15 bits per heavy atom. The SMILES string of the molecule is CN(C)C(=O)C1CC(c2ccc(N(C)C)cc2)CCN1. The molecule has 1 N–H and O–H groups in total. The first-order valence-corrected chi connectivity index (χ1v) is 7.21. The maximum absolute atomic E-state index is 12.1. The van der Waals surface area contributed by atoms with E-state index in [9.17, 15) is 4.79 Å². The lowest BCUT2D eigenvalue weighted by atomic mass is 9.86. The zero-order valence-corrected chi connectivity index (χ0v) is 12.9. The van der Waals surface area contributed by atoms with Crippen molar-refractivity contribution in [1.82, 2.24) is 10.2 Å². The summed E-state index contributed by atoms with van der Waals surface area (Å²) >= 11 is 0. The molecule has 4 heteroatoms. The maximum Gasteiger partial charge on any atom is 0.239 e. The average Bonchev–Trinajstić information content (AvgIpc) is 2.46. The first-order chi connectivity index (χ1) is 9.49. The Hall–Kier alpha value is -1.55. The Kier molecular flexibility index (Phi) is 4.65. The van der Waals surface area contributed by atoms with Gasteiger partial charge in [0.05, 0.1) is 6.04 Å². The normalized spacial score (nSPS) is 22.4. The van der Waals surface area contributed by atoms with Crippen LogP contribution in [-0.2, 0) is 4.79 Å². The van der Waals surface area contributed by atoms with E-state index >= 15 is 0 Å². The number of amides is 1. The first-order valence-electron chi connectivity index (χ1n) is 7.21. The smallest absolute Gasteiger partial charge is 0.239 e. The van der Waals surface area contributed by atoms with E-state index in [1.165, 1.54) is 11.3 Å². The van der Waals surface area contributed by atoms with Gasteiger partial charge in [0.25, 0.3) is 0 Å². The van der Waals surface area contributed by atoms with Crippen LogP contribution in [0.5, 0.6) is 0 Å². The molecule has 0 saturated carbocycles. The summed E-state index contributed by atoms with van der Waals surface area (Å²) in [6.45, 7) is 0.907. The van der Waals surface area contributed by atoms with Crippen molar-refractivity contribution >= 4 is 11.6 Å². The first kappa shape index (κ1) is 14.9. The number of carbonyl (C=O) groups is 1.